The van der Waals surface area contributed by atoms with Gasteiger partial charge in [-0.2, -0.15) is 0 Å². The minimum Gasteiger partial charge on any atom is -0.371 e. The van der Waals surface area contributed by atoms with Crippen LogP contribution in [0.5, 0.6) is 0 Å². The van der Waals surface area contributed by atoms with Gasteiger partial charge in [-0.3, -0.25) is 4.79 Å². The van der Waals surface area contributed by atoms with Crippen LogP contribution < -0.4 is 5.73 Å². The Morgan fingerprint density at radius 1 is 0.636 bits per heavy atom. The number of allylic oxidation sites excluding steroid dienone is 11. The van der Waals surface area contributed by atoms with Crippen LogP contribution in [0.4, 0.5) is 0 Å². The molecule has 0 spiro atoms. The Kier molecular flexibility index (Phi) is 24.1. The van der Waals surface area contributed by atoms with Crippen LogP contribution >= 0.6 is 0 Å². The Bertz CT molecular complexity index is 982. The van der Waals surface area contributed by atoms with Crippen LogP contribution in [0.1, 0.15) is 159 Å². The van der Waals surface area contributed by atoms with Crippen molar-refractivity contribution in [2.75, 3.05) is 13.7 Å². The van der Waals surface area contributed by atoms with Crippen molar-refractivity contribution in [1.29, 1.82) is 0 Å². The largest absolute Gasteiger partial charge is 0.371 e. The molecule has 2 N–H and O–H groups in total. The van der Waals surface area contributed by atoms with Gasteiger partial charge in [-0.05, 0) is 151 Å². The zero-order valence-corrected chi connectivity index (χ0v) is 30.7. The quantitative estimate of drug-likeness (QED) is 0.0827. The number of nitrogens with two attached hydrogens (primary N) is 1. The van der Waals surface area contributed by atoms with Crippen LogP contribution in [-0.2, 0) is 9.53 Å². The maximum absolute atomic E-state index is 12.2. The zero-order chi connectivity index (χ0) is 33.4. The van der Waals surface area contributed by atoms with Gasteiger partial charge in [-0.25, -0.2) is 0 Å². The fourth-order valence-electron chi connectivity index (χ4n) is 5.11. The molecule has 0 heterocycles. The summed E-state index contributed by atoms with van der Waals surface area (Å²) in [5.74, 6) is 0.923. The second-order valence-corrected chi connectivity index (χ2v) is 14.0. The van der Waals surface area contributed by atoms with Crippen molar-refractivity contribution < 1.29 is 9.53 Å². The lowest BCUT2D eigenvalue weighted by molar-refractivity contribution is -0.137. The highest BCUT2D eigenvalue weighted by atomic mass is 16.5. The summed E-state index contributed by atoms with van der Waals surface area (Å²) in [4.78, 5) is 12.2. The summed E-state index contributed by atoms with van der Waals surface area (Å²) < 4.78 is 5.29. The first-order valence-corrected chi connectivity index (χ1v) is 17.5. The number of carbonyl (C=O) groups excluding carboxylic acids is 1. The van der Waals surface area contributed by atoms with E-state index in [1.807, 2.05) is 13.8 Å². The van der Waals surface area contributed by atoms with E-state index in [9.17, 15) is 4.79 Å². The Morgan fingerprint density at radius 2 is 1.09 bits per heavy atom. The summed E-state index contributed by atoms with van der Waals surface area (Å²) in [6.07, 6.45) is 30.7. The Balaban J connectivity index is 4.24. The summed E-state index contributed by atoms with van der Waals surface area (Å²) in [6.45, 7) is 20.0. The smallest absolute Gasteiger partial charge is 0.164 e. The number of unbranched alkanes of at least 4 members (excludes halogenated alkanes) is 1. The molecule has 0 saturated carbocycles. The Hall–Kier alpha value is -1.97. The monoisotopic (exact) mass is 610 g/mol. The summed E-state index contributed by atoms with van der Waals surface area (Å²) in [6, 6.07) is 0. The molecule has 3 heteroatoms. The first kappa shape index (κ1) is 42.0. The molecule has 0 aliphatic carbocycles. The maximum Gasteiger partial charge on any atom is 0.164 e. The molecule has 0 rings (SSSR count). The molecule has 0 amide bonds. The molecule has 0 aliphatic heterocycles. The number of carbonyl (C=O) groups is 1. The third-order valence-corrected chi connectivity index (χ3v) is 8.78. The van der Waals surface area contributed by atoms with Crippen LogP contribution in [-0.4, -0.2) is 25.0 Å². The van der Waals surface area contributed by atoms with Gasteiger partial charge in [-0.1, -0.05) is 76.8 Å². The molecule has 1 atom stereocenters. The lowest BCUT2D eigenvalue weighted by atomic mass is 9.97. The van der Waals surface area contributed by atoms with E-state index >= 15 is 0 Å². The lowest BCUT2D eigenvalue weighted by Crippen LogP contribution is -2.33. The van der Waals surface area contributed by atoms with Gasteiger partial charge in [0.05, 0.1) is 0 Å². The number of methoxy groups -OCH3 is 1. The minimum absolute atomic E-state index is 0.166. The first-order valence-electron chi connectivity index (χ1n) is 17.5. The van der Waals surface area contributed by atoms with Gasteiger partial charge in [0.15, 0.2) is 5.78 Å². The molecule has 252 valence electrons. The van der Waals surface area contributed by atoms with E-state index in [2.05, 4.69) is 84.9 Å². The highest BCUT2D eigenvalue weighted by Gasteiger charge is 2.25. The standard InChI is InChI=1S/C41H71NO2/c1-33(2)18-13-20-35(4)22-15-24-37(6)27-17-29-39(32-42)28-12-11-19-34(3)21-14-23-36(5)25-16-26-38(7)30-31-40(43)41(8,9)44-10/h18-19,22-23,26,29,37H,11-17,20-21,24-25,27-28,30-32,42H2,1-10H3/b34-19+,35-22-,36-23+,38-26+,39-29+/t37-/m1/s1. The molecule has 0 saturated heterocycles. The summed E-state index contributed by atoms with van der Waals surface area (Å²) in [7, 11) is 1.60. The normalized spacial score (nSPS) is 14.7. The second kappa shape index (κ2) is 25.2. The van der Waals surface area contributed by atoms with E-state index in [4.69, 9.17) is 10.5 Å². The van der Waals surface area contributed by atoms with Crippen LogP contribution in [0.3, 0.4) is 0 Å². The fraction of sp³-hybridized carbons (Fsp3) is 0.683. The van der Waals surface area contributed by atoms with Gasteiger partial charge >= 0.3 is 0 Å². The molecule has 44 heavy (non-hydrogen) atoms. The van der Waals surface area contributed by atoms with Crippen molar-refractivity contribution >= 4 is 5.78 Å². The van der Waals surface area contributed by atoms with E-state index in [1.165, 1.54) is 72.0 Å². The van der Waals surface area contributed by atoms with Crippen molar-refractivity contribution in [2.24, 2.45) is 11.7 Å². The number of Topliss-reactive ketones (excluding diaryl/α,β-unsaturated/α-hetero) is 1. The van der Waals surface area contributed by atoms with E-state index in [0.717, 1.165) is 57.3 Å². The van der Waals surface area contributed by atoms with Crippen molar-refractivity contribution in [2.45, 2.75) is 164 Å². The first-order chi connectivity index (χ1) is 20.8. The van der Waals surface area contributed by atoms with Gasteiger partial charge in [0.25, 0.3) is 0 Å². The molecule has 0 aromatic carbocycles. The molecule has 0 bridgehead atoms. The van der Waals surface area contributed by atoms with E-state index in [0.29, 0.717) is 13.0 Å². The molecule has 0 aromatic heterocycles. The van der Waals surface area contributed by atoms with Gasteiger partial charge < -0.3 is 10.5 Å². The predicted octanol–water partition coefficient (Wildman–Crippen LogP) is 12.1. The lowest BCUT2D eigenvalue weighted by Gasteiger charge is -2.21. The van der Waals surface area contributed by atoms with Crippen molar-refractivity contribution in [3.05, 3.63) is 69.9 Å². The fourth-order valence-corrected chi connectivity index (χ4v) is 5.11. The van der Waals surface area contributed by atoms with Gasteiger partial charge in [0.1, 0.15) is 5.60 Å². The highest BCUT2D eigenvalue weighted by molar-refractivity contribution is 5.86. The Labute approximate surface area is 274 Å². The summed E-state index contributed by atoms with van der Waals surface area (Å²) in [5, 5.41) is 0. The number of ketones is 1. The molecule has 0 unspecified atom stereocenters. The van der Waals surface area contributed by atoms with Crippen molar-refractivity contribution in [3.8, 4) is 0 Å². The van der Waals surface area contributed by atoms with Crippen LogP contribution in [0.25, 0.3) is 0 Å². The molecule has 0 aliphatic rings. The van der Waals surface area contributed by atoms with E-state index in [-0.39, 0.29) is 5.78 Å². The molecule has 3 nitrogen and oxygen atoms in total. The zero-order valence-electron chi connectivity index (χ0n) is 30.7. The van der Waals surface area contributed by atoms with Crippen molar-refractivity contribution in [3.63, 3.8) is 0 Å². The summed E-state index contributed by atoms with van der Waals surface area (Å²) in [5.41, 5.74) is 14.0. The van der Waals surface area contributed by atoms with E-state index in [1.54, 1.807) is 7.11 Å². The molecule has 0 radical (unpaired) electrons. The number of hydrogen-bond acceptors (Lipinski definition) is 3. The van der Waals surface area contributed by atoms with Crippen LogP contribution in [0.15, 0.2) is 69.9 Å². The predicted molar refractivity (Wildman–Crippen MR) is 196 cm³/mol. The third kappa shape index (κ3) is 23.4. The molecule has 0 fully saturated rings. The van der Waals surface area contributed by atoms with E-state index < -0.39 is 5.60 Å². The highest BCUT2D eigenvalue weighted by Crippen LogP contribution is 2.19. The van der Waals surface area contributed by atoms with Gasteiger partial charge in [-0.15, -0.1) is 0 Å². The molecule has 0 aromatic rings. The average Bonchev–Trinajstić information content (AvgIpc) is 2.96. The third-order valence-electron chi connectivity index (χ3n) is 8.78. The Morgan fingerprint density at radius 3 is 1.59 bits per heavy atom. The van der Waals surface area contributed by atoms with Crippen LogP contribution in [0.2, 0.25) is 0 Å². The molecular weight excluding hydrogens is 538 g/mol. The van der Waals surface area contributed by atoms with Crippen molar-refractivity contribution in [1.82, 2.24) is 0 Å². The van der Waals surface area contributed by atoms with Gasteiger partial charge in [0.2, 0.25) is 0 Å². The average molecular weight is 610 g/mol. The second-order valence-electron chi connectivity index (χ2n) is 14.0. The van der Waals surface area contributed by atoms with Crippen LogP contribution in [0, 0.1) is 5.92 Å². The topological polar surface area (TPSA) is 52.3 Å². The van der Waals surface area contributed by atoms with Gasteiger partial charge in [0, 0.05) is 20.1 Å². The number of rotatable bonds is 25. The minimum atomic E-state index is -0.683. The summed E-state index contributed by atoms with van der Waals surface area (Å²) >= 11 is 0. The molecular formula is C41H71NO2. The maximum atomic E-state index is 12.2. The SMILES string of the molecule is COC(C)(C)C(=O)CC/C(C)=C/CC/C(C)=C/CC/C(C)=C/CCC/C(=C\CC[C@H](C)CC/C=C(/C)CCC=C(C)C)CN. The number of ether oxygens (including phenoxy) is 1. The number of hydrogen-bond donors (Lipinski definition) is 1.